The van der Waals surface area contributed by atoms with Gasteiger partial charge in [-0.25, -0.2) is 4.39 Å². The number of carbonyl (C=O) groups is 2. The standard InChI is InChI=1S/C23H24FN3O3/c24-16-5-3-14(4-6-16)21-18(2-1-9-25-21)23(30)27-11-8-19-20(27)7-10-26(19)22(29)15-12-17(28)13-15/h1-6,9,15,17,19-20,28H,7-8,10-13H2/t15?,17?,19-,20-/m1/s1. The van der Waals surface area contributed by atoms with E-state index in [9.17, 15) is 19.1 Å². The Morgan fingerprint density at radius 2 is 1.67 bits per heavy atom. The SMILES string of the molecule is O=C(c1cccnc1-c1ccc(F)cc1)N1CC[C@@H]2[C@H]1CCN2C(=O)C1CC(O)C1. The van der Waals surface area contributed by atoms with Gasteiger partial charge < -0.3 is 14.9 Å². The van der Waals surface area contributed by atoms with Gasteiger partial charge in [-0.2, -0.15) is 0 Å². The second-order valence-electron chi connectivity index (χ2n) is 8.47. The summed E-state index contributed by atoms with van der Waals surface area (Å²) in [4.78, 5) is 34.4. The fraction of sp³-hybridized carbons (Fsp3) is 0.435. The quantitative estimate of drug-likeness (QED) is 0.845. The molecule has 2 aromatic rings. The normalized spacial score (nSPS) is 27.7. The Hall–Kier alpha value is -2.80. The van der Waals surface area contributed by atoms with Gasteiger partial charge in [0.25, 0.3) is 5.91 Å². The largest absolute Gasteiger partial charge is 0.393 e. The Morgan fingerprint density at radius 1 is 1.00 bits per heavy atom. The van der Waals surface area contributed by atoms with Crippen molar-refractivity contribution in [2.24, 2.45) is 5.92 Å². The molecule has 2 saturated heterocycles. The molecule has 1 N–H and O–H groups in total. The zero-order valence-electron chi connectivity index (χ0n) is 16.6. The summed E-state index contributed by atoms with van der Waals surface area (Å²) in [5, 5.41) is 9.52. The highest BCUT2D eigenvalue weighted by atomic mass is 19.1. The molecule has 3 heterocycles. The molecule has 156 valence electrons. The Labute approximate surface area is 174 Å². The average molecular weight is 409 g/mol. The van der Waals surface area contributed by atoms with E-state index in [1.54, 1.807) is 30.5 Å². The molecule has 2 aliphatic heterocycles. The van der Waals surface area contributed by atoms with Gasteiger partial charge in [-0.05, 0) is 62.1 Å². The summed E-state index contributed by atoms with van der Waals surface area (Å²) in [5.74, 6) is -0.384. The van der Waals surface area contributed by atoms with Crippen LogP contribution in [-0.2, 0) is 4.79 Å². The molecule has 1 aliphatic carbocycles. The number of pyridine rings is 1. The van der Waals surface area contributed by atoms with Crippen LogP contribution in [-0.4, -0.2) is 63.0 Å². The molecule has 0 spiro atoms. The van der Waals surface area contributed by atoms with Gasteiger partial charge in [-0.1, -0.05) is 0 Å². The van der Waals surface area contributed by atoms with E-state index < -0.39 is 0 Å². The number of aromatic nitrogens is 1. The number of carbonyl (C=O) groups excluding carboxylic acids is 2. The first-order valence-electron chi connectivity index (χ1n) is 10.5. The Balaban J connectivity index is 1.36. The number of hydrogen-bond acceptors (Lipinski definition) is 4. The van der Waals surface area contributed by atoms with Crippen LogP contribution in [0.1, 0.15) is 36.0 Å². The molecular formula is C23H24FN3O3. The van der Waals surface area contributed by atoms with Crippen molar-refractivity contribution in [1.82, 2.24) is 14.8 Å². The van der Waals surface area contributed by atoms with Crippen molar-refractivity contribution in [3.05, 3.63) is 54.0 Å². The summed E-state index contributed by atoms with van der Waals surface area (Å²) in [6.07, 6.45) is 3.91. The summed E-state index contributed by atoms with van der Waals surface area (Å²) >= 11 is 0. The van der Waals surface area contributed by atoms with Crippen molar-refractivity contribution in [3.63, 3.8) is 0 Å². The number of likely N-dealkylation sites (tertiary alicyclic amines) is 2. The molecule has 0 unspecified atom stereocenters. The third-order valence-corrected chi connectivity index (χ3v) is 6.74. The second kappa shape index (κ2) is 7.47. The van der Waals surface area contributed by atoms with Gasteiger partial charge in [0.15, 0.2) is 0 Å². The maximum atomic E-state index is 13.4. The van der Waals surface area contributed by atoms with E-state index in [2.05, 4.69) is 4.98 Å². The molecule has 5 rings (SSSR count). The van der Waals surface area contributed by atoms with Crippen molar-refractivity contribution < 1.29 is 19.1 Å². The first-order valence-corrected chi connectivity index (χ1v) is 10.5. The number of amides is 2. The maximum Gasteiger partial charge on any atom is 0.256 e. The van der Waals surface area contributed by atoms with Crippen LogP contribution < -0.4 is 0 Å². The van der Waals surface area contributed by atoms with E-state index in [1.165, 1.54) is 12.1 Å². The molecule has 0 bridgehead atoms. The highest BCUT2D eigenvalue weighted by Crippen LogP contribution is 2.37. The number of hydrogen-bond donors (Lipinski definition) is 1. The minimum absolute atomic E-state index is 0.00715. The number of benzene rings is 1. The highest BCUT2D eigenvalue weighted by molar-refractivity contribution is 6.00. The van der Waals surface area contributed by atoms with E-state index in [0.29, 0.717) is 42.8 Å². The predicted octanol–water partition coefficient (Wildman–Crippen LogP) is 2.47. The molecule has 3 fully saturated rings. The van der Waals surface area contributed by atoms with Crippen molar-refractivity contribution >= 4 is 11.8 Å². The number of nitrogens with zero attached hydrogens (tertiary/aromatic N) is 3. The molecule has 1 saturated carbocycles. The maximum absolute atomic E-state index is 13.4. The van der Waals surface area contributed by atoms with E-state index in [-0.39, 0.29) is 41.7 Å². The number of fused-ring (bicyclic) bond motifs is 1. The van der Waals surface area contributed by atoms with Gasteiger partial charge >= 0.3 is 0 Å². The molecule has 2 amide bonds. The van der Waals surface area contributed by atoms with Gasteiger partial charge in [0.05, 0.1) is 29.4 Å². The van der Waals surface area contributed by atoms with Gasteiger partial charge in [0.1, 0.15) is 5.82 Å². The minimum atomic E-state index is -0.352. The van der Waals surface area contributed by atoms with Crippen LogP contribution in [0.25, 0.3) is 11.3 Å². The van der Waals surface area contributed by atoms with E-state index in [1.807, 2.05) is 9.80 Å². The number of rotatable bonds is 3. The average Bonchev–Trinajstić information content (AvgIpc) is 3.33. The lowest BCUT2D eigenvalue weighted by atomic mass is 9.81. The van der Waals surface area contributed by atoms with Crippen LogP contribution in [0.15, 0.2) is 42.6 Å². The number of aliphatic hydroxyl groups excluding tert-OH is 1. The summed E-state index contributed by atoms with van der Waals surface area (Å²) in [6, 6.07) is 9.53. The van der Waals surface area contributed by atoms with E-state index >= 15 is 0 Å². The Kier molecular flexibility index (Phi) is 4.77. The van der Waals surface area contributed by atoms with Gasteiger partial charge in [0.2, 0.25) is 5.91 Å². The lowest BCUT2D eigenvalue weighted by Gasteiger charge is -2.35. The molecule has 6 nitrogen and oxygen atoms in total. The van der Waals surface area contributed by atoms with E-state index in [0.717, 1.165) is 12.8 Å². The van der Waals surface area contributed by atoms with Gasteiger partial charge in [-0.15, -0.1) is 0 Å². The van der Waals surface area contributed by atoms with Crippen LogP contribution >= 0.6 is 0 Å². The van der Waals surface area contributed by atoms with Crippen molar-refractivity contribution in [2.75, 3.05) is 13.1 Å². The molecule has 7 heteroatoms. The minimum Gasteiger partial charge on any atom is -0.393 e. The molecule has 0 radical (unpaired) electrons. The Morgan fingerprint density at radius 3 is 2.37 bits per heavy atom. The summed E-state index contributed by atoms with van der Waals surface area (Å²) in [7, 11) is 0. The molecule has 1 aromatic heterocycles. The fourth-order valence-electron chi connectivity index (χ4n) is 5.11. The predicted molar refractivity (Wildman–Crippen MR) is 108 cm³/mol. The summed E-state index contributed by atoms with van der Waals surface area (Å²) < 4.78 is 13.3. The number of halogens is 1. The summed E-state index contributed by atoms with van der Waals surface area (Å²) in [6.45, 7) is 1.26. The molecular weight excluding hydrogens is 385 g/mol. The van der Waals surface area contributed by atoms with Gasteiger partial charge in [0, 0.05) is 30.8 Å². The molecule has 1 aromatic carbocycles. The van der Waals surface area contributed by atoms with Crippen molar-refractivity contribution in [2.45, 2.75) is 43.9 Å². The topological polar surface area (TPSA) is 73.7 Å². The van der Waals surface area contributed by atoms with Crippen LogP contribution in [0.4, 0.5) is 4.39 Å². The first-order chi connectivity index (χ1) is 14.5. The molecule has 2 atom stereocenters. The lowest BCUT2D eigenvalue weighted by molar-refractivity contribution is -0.143. The monoisotopic (exact) mass is 409 g/mol. The molecule has 30 heavy (non-hydrogen) atoms. The highest BCUT2D eigenvalue weighted by Gasteiger charge is 2.48. The van der Waals surface area contributed by atoms with Crippen LogP contribution in [0.5, 0.6) is 0 Å². The van der Waals surface area contributed by atoms with Crippen LogP contribution in [0.3, 0.4) is 0 Å². The van der Waals surface area contributed by atoms with Crippen LogP contribution in [0.2, 0.25) is 0 Å². The Bertz CT molecular complexity index is 974. The zero-order chi connectivity index (χ0) is 20.8. The second-order valence-corrected chi connectivity index (χ2v) is 8.47. The van der Waals surface area contributed by atoms with E-state index in [4.69, 9.17) is 0 Å². The first kappa shape index (κ1) is 19.2. The zero-order valence-corrected chi connectivity index (χ0v) is 16.6. The lowest BCUT2D eigenvalue weighted by Crippen LogP contribution is -2.47. The van der Waals surface area contributed by atoms with Crippen molar-refractivity contribution in [3.8, 4) is 11.3 Å². The van der Waals surface area contributed by atoms with Gasteiger partial charge in [-0.3, -0.25) is 14.6 Å². The van der Waals surface area contributed by atoms with Crippen LogP contribution in [0, 0.1) is 11.7 Å². The van der Waals surface area contributed by atoms with Crippen molar-refractivity contribution in [1.29, 1.82) is 0 Å². The third kappa shape index (κ3) is 3.17. The number of aliphatic hydroxyl groups is 1. The smallest absolute Gasteiger partial charge is 0.256 e. The fourth-order valence-corrected chi connectivity index (χ4v) is 5.11. The summed E-state index contributed by atoms with van der Waals surface area (Å²) in [5.41, 5.74) is 1.74. The third-order valence-electron chi connectivity index (χ3n) is 6.74. The molecule has 3 aliphatic rings.